The van der Waals surface area contributed by atoms with E-state index in [0.29, 0.717) is 22.8 Å². The lowest BCUT2D eigenvalue weighted by Crippen LogP contribution is -2.09. The summed E-state index contributed by atoms with van der Waals surface area (Å²) < 4.78 is 14.3. The van der Waals surface area contributed by atoms with Crippen molar-refractivity contribution < 1.29 is 4.21 Å². The van der Waals surface area contributed by atoms with Crippen LogP contribution in [0.15, 0.2) is 18.2 Å². The summed E-state index contributed by atoms with van der Waals surface area (Å²) >= 11 is 5.31. The first kappa shape index (κ1) is 12.5. The fourth-order valence-corrected chi connectivity index (χ4v) is 2.92. The zero-order valence-corrected chi connectivity index (χ0v) is 11.7. The summed E-state index contributed by atoms with van der Waals surface area (Å²) in [6.07, 6.45) is 0. The van der Waals surface area contributed by atoms with Crippen molar-refractivity contribution >= 4 is 34.1 Å². The van der Waals surface area contributed by atoms with Crippen LogP contribution < -0.4 is 0 Å². The number of aromatic amines is 1. The Bertz CT molecular complexity index is 612. The van der Waals surface area contributed by atoms with Crippen molar-refractivity contribution in [2.75, 3.05) is 11.5 Å². The Kier molecular flexibility index (Phi) is 3.79. The van der Waals surface area contributed by atoms with E-state index in [1.807, 2.05) is 23.6 Å². The maximum atomic E-state index is 11.5. The van der Waals surface area contributed by atoms with Gasteiger partial charge in [0.2, 0.25) is 0 Å². The van der Waals surface area contributed by atoms with Crippen LogP contribution in [-0.4, -0.2) is 25.3 Å². The minimum atomic E-state index is -0.750. The molecular formula is C12H16N2OS2. The molecule has 92 valence electrons. The number of para-hydroxylation sites is 1. The number of imidazole rings is 1. The van der Waals surface area contributed by atoms with Gasteiger partial charge >= 0.3 is 0 Å². The number of H-pyrrole nitrogens is 1. The number of aryl methyl sites for hydroxylation is 2. The van der Waals surface area contributed by atoms with E-state index in [1.165, 1.54) is 5.56 Å². The number of fused-ring (bicyclic) bond motifs is 1. The number of rotatable bonds is 4. The van der Waals surface area contributed by atoms with Crippen LogP contribution in [0, 0.1) is 11.7 Å². The Hall–Kier alpha value is -0.940. The van der Waals surface area contributed by atoms with Crippen LogP contribution in [-0.2, 0) is 17.3 Å². The summed E-state index contributed by atoms with van der Waals surface area (Å²) in [5, 5.41) is 0. The van der Waals surface area contributed by atoms with Crippen molar-refractivity contribution in [2.24, 2.45) is 0 Å². The molecule has 1 heterocycles. The van der Waals surface area contributed by atoms with Gasteiger partial charge in [0, 0.05) is 28.9 Å². The van der Waals surface area contributed by atoms with Crippen molar-refractivity contribution in [1.82, 2.24) is 9.55 Å². The highest BCUT2D eigenvalue weighted by atomic mass is 32.2. The minimum Gasteiger partial charge on any atom is -0.331 e. The van der Waals surface area contributed by atoms with Gasteiger partial charge in [0.25, 0.3) is 0 Å². The second-order valence-corrected chi connectivity index (χ2v) is 6.24. The molecule has 0 fully saturated rings. The molecule has 1 N–H and O–H groups in total. The van der Waals surface area contributed by atoms with E-state index in [1.54, 1.807) is 0 Å². The SMILES string of the molecule is CCS(=O)CCn1c(=S)[nH]c2cccc(C)c21. The summed E-state index contributed by atoms with van der Waals surface area (Å²) in [6, 6.07) is 6.10. The van der Waals surface area contributed by atoms with Gasteiger partial charge < -0.3 is 9.55 Å². The van der Waals surface area contributed by atoms with E-state index >= 15 is 0 Å². The third kappa shape index (κ3) is 2.50. The zero-order chi connectivity index (χ0) is 12.4. The Morgan fingerprint density at radius 2 is 2.24 bits per heavy atom. The molecule has 1 atom stereocenters. The van der Waals surface area contributed by atoms with Crippen molar-refractivity contribution in [2.45, 2.75) is 20.4 Å². The largest absolute Gasteiger partial charge is 0.331 e. The van der Waals surface area contributed by atoms with Crippen LogP contribution in [0.1, 0.15) is 12.5 Å². The summed E-state index contributed by atoms with van der Waals surface area (Å²) in [5.74, 6) is 1.36. The molecule has 17 heavy (non-hydrogen) atoms. The molecule has 1 aromatic heterocycles. The van der Waals surface area contributed by atoms with Gasteiger partial charge in [0.05, 0.1) is 11.0 Å². The third-order valence-corrected chi connectivity index (χ3v) is 4.46. The van der Waals surface area contributed by atoms with Crippen LogP contribution in [0.5, 0.6) is 0 Å². The van der Waals surface area contributed by atoms with E-state index in [4.69, 9.17) is 12.2 Å². The van der Waals surface area contributed by atoms with Crippen LogP contribution >= 0.6 is 12.2 Å². The molecule has 0 aliphatic carbocycles. The predicted octanol–water partition coefficient (Wildman–Crippen LogP) is 2.78. The number of benzene rings is 1. The molecule has 0 spiro atoms. The molecule has 2 aromatic rings. The molecule has 0 radical (unpaired) electrons. The molecule has 0 saturated carbocycles. The molecule has 2 rings (SSSR count). The standard InChI is InChI=1S/C12H16N2OS2/c1-3-17(15)8-7-14-11-9(2)5-4-6-10(11)13-12(14)16/h4-6H,3,7-8H2,1-2H3,(H,13,16). The summed E-state index contributed by atoms with van der Waals surface area (Å²) in [5.41, 5.74) is 3.38. The monoisotopic (exact) mass is 268 g/mol. The summed E-state index contributed by atoms with van der Waals surface area (Å²) in [4.78, 5) is 3.19. The quantitative estimate of drug-likeness (QED) is 0.866. The van der Waals surface area contributed by atoms with Gasteiger partial charge in [-0.1, -0.05) is 19.1 Å². The first-order valence-electron chi connectivity index (χ1n) is 5.66. The first-order valence-corrected chi connectivity index (χ1v) is 7.56. The van der Waals surface area contributed by atoms with E-state index < -0.39 is 10.8 Å². The number of hydrogen-bond acceptors (Lipinski definition) is 2. The van der Waals surface area contributed by atoms with Crippen LogP contribution in [0.4, 0.5) is 0 Å². The molecule has 0 bridgehead atoms. The molecule has 5 heteroatoms. The van der Waals surface area contributed by atoms with Gasteiger partial charge in [-0.05, 0) is 30.8 Å². The van der Waals surface area contributed by atoms with Crippen LogP contribution in [0.2, 0.25) is 0 Å². The normalized spacial score (nSPS) is 13.1. The molecule has 0 saturated heterocycles. The maximum Gasteiger partial charge on any atom is 0.178 e. The van der Waals surface area contributed by atoms with Gasteiger partial charge in [-0.25, -0.2) is 0 Å². The highest BCUT2D eigenvalue weighted by Crippen LogP contribution is 2.18. The zero-order valence-electron chi connectivity index (χ0n) is 10.0. The first-order chi connectivity index (χ1) is 8.13. The third-order valence-electron chi connectivity index (χ3n) is 2.86. The van der Waals surface area contributed by atoms with E-state index in [9.17, 15) is 4.21 Å². The number of nitrogens with one attached hydrogen (secondary N) is 1. The Morgan fingerprint density at radius 1 is 1.47 bits per heavy atom. The highest BCUT2D eigenvalue weighted by molar-refractivity contribution is 7.84. The van der Waals surface area contributed by atoms with Crippen molar-refractivity contribution in [3.8, 4) is 0 Å². The predicted molar refractivity (Wildman–Crippen MR) is 75.4 cm³/mol. The lowest BCUT2D eigenvalue weighted by Gasteiger charge is -2.05. The minimum absolute atomic E-state index is 0.659. The van der Waals surface area contributed by atoms with Crippen molar-refractivity contribution in [3.63, 3.8) is 0 Å². The second-order valence-electron chi connectivity index (χ2n) is 3.99. The maximum absolute atomic E-state index is 11.5. The lowest BCUT2D eigenvalue weighted by molar-refractivity contribution is 0.675. The highest BCUT2D eigenvalue weighted by Gasteiger charge is 2.07. The van der Waals surface area contributed by atoms with Gasteiger partial charge in [0.1, 0.15) is 0 Å². The fraction of sp³-hybridized carbons (Fsp3) is 0.417. The summed E-state index contributed by atoms with van der Waals surface area (Å²) in [6.45, 7) is 4.72. The number of nitrogens with zero attached hydrogens (tertiary/aromatic N) is 1. The van der Waals surface area contributed by atoms with Crippen LogP contribution in [0.25, 0.3) is 11.0 Å². The second kappa shape index (κ2) is 5.14. The number of aromatic nitrogens is 2. The molecular weight excluding hydrogens is 252 g/mol. The smallest absolute Gasteiger partial charge is 0.178 e. The van der Waals surface area contributed by atoms with Gasteiger partial charge in [0.15, 0.2) is 4.77 Å². The number of hydrogen-bond donors (Lipinski definition) is 1. The van der Waals surface area contributed by atoms with Crippen molar-refractivity contribution in [1.29, 1.82) is 0 Å². The Balaban J connectivity index is 2.42. The molecule has 1 unspecified atom stereocenters. The molecule has 0 aliphatic rings. The molecule has 0 amide bonds. The topological polar surface area (TPSA) is 37.8 Å². The molecule has 1 aromatic carbocycles. The van der Waals surface area contributed by atoms with E-state index in [0.717, 1.165) is 11.0 Å². The lowest BCUT2D eigenvalue weighted by atomic mass is 10.2. The average Bonchev–Trinajstić information content (AvgIpc) is 2.63. The van der Waals surface area contributed by atoms with E-state index in [2.05, 4.69) is 18.0 Å². The fourth-order valence-electron chi connectivity index (χ4n) is 1.95. The Labute approximate surface area is 108 Å². The summed E-state index contributed by atoms with van der Waals surface area (Å²) in [7, 11) is -0.750. The van der Waals surface area contributed by atoms with Gasteiger partial charge in [-0.3, -0.25) is 4.21 Å². The molecule has 0 aliphatic heterocycles. The average molecular weight is 268 g/mol. The van der Waals surface area contributed by atoms with Gasteiger partial charge in [-0.2, -0.15) is 0 Å². The van der Waals surface area contributed by atoms with E-state index in [-0.39, 0.29) is 0 Å². The molecule has 3 nitrogen and oxygen atoms in total. The van der Waals surface area contributed by atoms with Crippen LogP contribution in [0.3, 0.4) is 0 Å². The van der Waals surface area contributed by atoms with Crippen molar-refractivity contribution in [3.05, 3.63) is 28.5 Å². The Morgan fingerprint density at radius 3 is 2.94 bits per heavy atom. The van der Waals surface area contributed by atoms with Gasteiger partial charge in [-0.15, -0.1) is 0 Å².